The van der Waals surface area contributed by atoms with Gasteiger partial charge < -0.3 is 15.1 Å². The highest BCUT2D eigenvalue weighted by atomic mass is 32.1. The molecule has 2 aliphatic heterocycles. The van der Waals surface area contributed by atoms with Crippen LogP contribution in [0, 0.1) is 19.8 Å². The molecule has 0 spiro atoms. The van der Waals surface area contributed by atoms with Gasteiger partial charge in [-0.2, -0.15) is 0 Å². The second-order valence-corrected chi connectivity index (χ2v) is 9.33. The van der Waals surface area contributed by atoms with Crippen LogP contribution in [0.5, 0.6) is 0 Å². The third-order valence-electron chi connectivity index (χ3n) is 5.88. The van der Waals surface area contributed by atoms with Crippen molar-refractivity contribution in [1.29, 1.82) is 0 Å². The van der Waals surface area contributed by atoms with Gasteiger partial charge in [-0.05, 0) is 39.5 Å². The molecule has 9 heteroatoms. The van der Waals surface area contributed by atoms with Gasteiger partial charge in [-0.1, -0.05) is 0 Å². The van der Waals surface area contributed by atoms with Crippen LogP contribution < -0.4 is 5.32 Å². The summed E-state index contributed by atoms with van der Waals surface area (Å²) in [6.45, 7) is 7.57. The van der Waals surface area contributed by atoms with Gasteiger partial charge in [0.2, 0.25) is 11.8 Å². The Morgan fingerprint density at radius 1 is 1.13 bits per heavy atom. The van der Waals surface area contributed by atoms with Gasteiger partial charge in [0.25, 0.3) is 0 Å². The molecule has 2 saturated heterocycles. The SMILES string of the molecule is CC(=O)N1CCC(C(=O)N2CCCC2c2cc(Nc3ncc(C)s3)nc(C)n2)CC1. The Morgan fingerprint density at radius 3 is 2.57 bits per heavy atom. The second-order valence-electron chi connectivity index (χ2n) is 8.10. The molecule has 0 radical (unpaired) electrons. The van der Waals surface area contributed by atoms with Crippen LogP contribution in [0.2, 0.25) is 0 Å². The number of nitrogens with zero attached hydrogens (tertiary/aromatic N) is 5. The van der Waals surface area contributed by atoms with Gasteiger partial charge in [-0.25, -0.2) is 15.0 Å². The normalized spacial score (nSPS) is 19.9. The van der Waals surface area contributed by atoms with Crippen molar-refractivity contribution >= 4 is 34.1 Å². The summed E-state index contributed by atoms with van der Waals surface area (Å²) in [6, 6.07) is 1.92. The lowest BCUT2D eigenvalue weighted by Crippen LogP contribution is -2.43. The smallest absolute Gasteiger partial charge is 0.226 e. The minimum atomic E-state index is -0.0244. The molecule has 160 valence electrons. The Kier molecular flexibility index (Phi) is 5.99. The largest absolute Gasteiger partial charge is 0.343 e. The number of nitrogens with one attached hydrogen (secondary N) is 1. The summed E-state index contributed by atoms with van der Waals surface area (Å²) in [5.41, 5.74) is 0.880. The molecule has 2 aromatic rings. The van der Waals surface area contributed by atoms with Gasteiger partial charge in [0.1, 0.15) is 11.6 Å². The Morgan fingerprint density at radius 2 is 1.90 bits per heavy atom. The summed E-state index contributed by atoms with van der Waals surface area (Å²) in [4.78, 5) is 43.3. The highest BCUT2D eigenvalue weighted by Gasteiger charge is 2.36. The summed E-state index contributed by atoms with van der Waals surface area (Å²) >= 11 is 1.58. The molecular formula is C21H28N6O2S. The molecule has 1 atom stereocenters. The van der Waals surface area contributed by atoms with E-state index in [9.17, 15) is 9.59 Å². The minimum Gasteiger partial charge on any atom is -0.343 e. The number of amides is 2. The van der Waals surface area contributed by atoms with E-state index < -0.39 is 0 Å². The summed E-state index contributed by atoms with van der Waals surface area (Å²) in [7, 11) is 0. The predicted molar refractivity (Wildman–Crippen MR) is 116 cm³/mol. The lowest BCUT2D eigenvalue weighted by molar-refractivity contribution is -0.140. The molecule has 0 aromatic carbocycles. The number of aryl methyl sites for hydroxylation is 2. The van der Waals surface area contributed by atoms with Gasteiger partial charge in [-0.3, -0.25) is 9.59 Å². The number of hydrogen-bond donors (Lipinski definition) is 1. The maximum Gasteiger partial charge on any atom is 0.226 e. The highest BCUT2D eigenvalue weighted by Crippen LogP contribution is 2.35. The van der Waals surface area contributed by atoms with Crippen molar-refractivity contribution in [3.63, 3.8) is 0 Å². The molecule has 2 amide bonds. The van der Waals surface area contributed by atoms with Crippen molar-refractivity contribution in [3.05, 3.63) is 28.7 Å². The molecular weight excluding hydrogens is 400 g/mol. The number of likely N-dealkylation sites (tertiary alicyclic amines) is 2. The van der Waals surface area contributed by atoms with Crippen LogP contribution in [-0.4, -0.2) is 56.2 Å². The molecule has 4 heterocycles. The number of rotatable bonds is 4. The number of thiazole rings is 1. The zero-order valence-electron chi connectivity index (χ0n) is 17.7. The van der Waals surface area contributed by atoms with Gasteiger partial charge in [0.05, 0.1) is 11.7 Å². The number of anilines is 2. The summed E-state index contributed by atoms with van der Waals surface area (Å²) in [5, 5.41) is 4.07. The van der Waals surface area contributed by atoms with Crippen molar-refractivity contribution < 1.29 is 9.59 Å². The monoisotopic (exact) mass is 428 g/mol. The molecule has 4 rings (SSSR count). The topological polar surface area (TPSA) is 91.3 Å². The van der Waals surface area contributed by atoms with E-state index in [1.54, 1.807) is 18.3 Å². The minimum absolute atomic E-state index is 0.0139. The van der Waals surface area contributed by atoms with E-state index in [1.807, 2.05) is 35.9 Å². The molecule has 1 N–H and O–H groups in total. The van der Waals surface area contributed by atoms with Crippen LogP contribution in [0.3, 0.4) is 0 Å². The predicted octanol–water partition coefficient (Wildman–Crippen LogP) is 3.22. The number of piperidine rings is 1. The molecule has 1 unspecified atom stereocenters. The summed E-state index contributed by atoms with van der Waals surface area (Å²) < 4.78 is 0. The molecule has 0 aliphatic carbocycles. The first-order valence-electron chi connectivity index (χ1n) is 10.5. The van der Waals surface area contributed by atoms with E-state index in [1.165, 1.54) is 0 Å². The standard InChI is InChI=1S/C21H28N6O2S/c1-13-12-22-21(30-13)25-19-11-17(23-14(2)24-19)18-5-4-8-27(18)20(29)16-6-9-26(10-7-16)15(3)28/h11-12,16,18H,4-10H2,1-3H3,(H,22,23,24,25). The second kappa shape index (κ2) is 8.67. The van der Waals surface area contributed by atoms with Gasteiger partial charge in [0, 0.05) is 49.6 Å². The zero-order valence-corrected chi connectivity index (χ0v) is 18.5. The lowest BCUT2D eigenvalue weighted by Gasteiger charge is -2.34. The third-order valence-corrected chi connectivity index (χ3v) is 6.71. The first-order valence-corrected chi connectivity index (χ1v) is 11.3. The first kappa shape index (κ1) is 20.7. The molecule has 8 nitrogen and oxygen atoms in total. The van der Waals surface area contributed by atoms with Gasteiger partial charge in [0.15, 0.2) is 5.13 Å². The molecule has 30 heavy (non-hydrogen) atoms. The van der Waals surface area contributed by atoms with Crippen molar-refractivity contribution in [1.82, 2.24) is 24.8 Å². The first-order chi connectivity index (χ1) is 14.4. The van der Waals surface area contributed by atoms with E-state index in [4.69, 9.17) is 0 Å². The van der Waals surface area contributed by atoms with E-state index in [2.05, 4.69) is 20.3 Å². The average Bonchev–Trinajstić information content (AvgIpc) is 3.36. The lowest BCUT2D eigenvalue weighted by atomic mass is 9.94. The maximum atomic E-state index is 13.3. The molecule has 2 aliphatic rings. The zero-order chi connectivity index (χ0) is 21.3. The van der Waals surface area contributed by atoms with Crippen LogP contribution >= 0.6 is 11.3 Å². The number of aromatic nitrogens is 3. The van der Waals surface area contributed by atoms with Crippen LogP contribution in [0.15, 0.2) is 12.3 Å². The fourth-order valence-corrected chi connectivity index (χ4v) is 5.03. The fourth-order valence-electron chi connectivity index (χ4n) is 4.36. The molecule has 0 saturated carbocycles. The van der Waals surface area contributed by atoms with E-state index in [-0.39, 0.29) is 23.8 Å². The van der Waals surface area contributed by atoms with Crippen molar-refractivity contribution in [2.45, 2.75) is 52.5 Å². The Labute approximate surface area is 180 Å². The van der Waals surface area contributed by atoms with Crippen molar-refractivity contribution in [2.75, 3.05) is 25.0 Å². The number of carbonyl (C=O) groups excluding carboxylic acids is 2. The Balaban J connectivity index is 1.49. The van der Waals surface area contributed by atoms with Crippen molar-refractivity contribution in [3.8, 4) is 0 Å². The van der Waals surface area contributed by atoms with Crippen LogP contribution in [-0.2, 0) is 9.59 Å². The van der Waals surface area contributed by atoms with Gasteiger partial charge in [-0.15, -0.1) is 11.3 Å². The molecule has 0 bridgehead atoms. The van der Waals surface area contributed by atoms with Crippen LogP contribution in [0.1, 0.15) is 55.0 Å². The third kappa shape index (κ3) is 4.45. The highest BCUT2D eigenvalue weighted by molar-refractivity contribution is 7.15. The average molecular weight is 429 g/mol. The quantitative estimate of drug-likeness (QED) is 0.804. The molecule has 2 aromatic heterocycles. The van der Waals surface area contributed by atoms with Crippen LogP contribution in [0.25, 0.3) is 0 Å². The van der Waals surface area contributed by atoms with E-state index in [0.29, 0.717) is 24.7 Å². The Hall–Kier alpha value is -2.55. The maximum absolute atomic E-state index is 13.3. The fraction of sp³-hybridized carbons (Fsp3) is 0.571. The van der Waals surface area contributed by atoms with E-state index in [0.717, 1.165) is 47.9 Å². The van der Waals surface area contributed by atoms with Crippen molar-refractivity contribution in [2.24, 2.45) is 5.92 Å². The number of hydrogen-bond acceptors (Lipinski definition) is 7. The number of carbonyl (C=O) groups is 2. The Bertz CT molecular complexity index is 937. The molecule has 2 fully saturated rings. The summed E-state index contributed by atoms with van der Waals surface area (Å²) in [5.74, 6) is 1.66. The van der Waals surface area contributed by atoms with E-state index >= 15 is 0 Å². The summed E-state index contributed by atoms with van der Waals surface area (Å²) in [6.07, 6.45) is 5.18. The van der Waals surface area contributed by atoms with Crippen LogP contribution in [0.4, 0.5) is 10.9 Å². The van der Waals surface area contributed by atoms with Gasteiger partial charge >= 0.3 is 0 Å².